The molecule has 0 aromatic heterocycles. The van der Waals surface area contributed by atoms with Crippen molar-refractivity contribution in [3.05, 3.63) is 0 Å². The lowest BCUT2D eigenvalue weighted by Gasteiger charge is -1.93. The molecule has 0 radical (unpaired) electrons. The number of rotatable bonds is 0. The van der Waals surface area contributed by atoms with Crippen molar-refractivity contribution < 1.29 is 19.5 Å². The fourth-order valence-electron chi connectivity index (χ4n) is 0.153. The van der Waals surface area contributed by atoms with Crippen molar-refractivity contribution in [3.8, 4) is 0 Å². The Morgan fingerprint density at radius 2 is 2.12 bits per heavy atom. The van der Waals surface area contributed by atoms with Gasteiger partial charge >= 0.3 is 12.1 Å². The van der Waals surface area contributed by atoms with E-state index in [1.54, 1.807) is 0 Å². The number of esters is 1. The number of hydrogen-bond acceptors (Lipinski definition) is 4. The van der Waals surface area contributed by atoms with Crippen molar-refractivity contribution in [3.63, 3.8) is 0 Å². The van der Waals surface area contributed by atoms with Crippen molar-refractivity contribution in [1.29, 1.82) is 0 Å². The molecule has 0 aliphatic carbocycles. The zero-order chi connectivity index (χ0) is 6.57. The molecule has 0 aromatic carbocycles. The smallest absolute Gasteiger partial charge is 0.375 e. The van der Waals surface area contributed by atoms with E-state index in [1.807, 2.05) is 0 Å². The molecule has 46 valence electrons. The lowest BCUT2D eigenvalue weighted by atomic mass is 10.8. The Hall–Kier alpha value is -1.10. The van der Waals surface area contributed by atoms with Gasteiger partial charge in [-0.2, -0.15) is 0 Å². The summed E-state index contributed by atoms with van der Waals surface area (Å²) in [6.45, 7) is 1.05. The van der Waals surface area contributed by atoms with Crippen LogP contribution in [-0.2, 0) is 9.53 Å². The molecule has 0 fully saturated rings. The quantitative estimate of drug-likeness (QED) is 0.198. The number of hydrogen-bond donors (Lipinski definition) is 2. The van der Waals surface area contributed by atoms with Crippen molar-refractivity contribution in [2.45, 2.75) is 6.92 Å². The van der Waals surface area contributed by atoms with Gasteiger partial charge in [0.05, 0.1) is 0 Å². The van der Waals surface area contributed by atoms with Gasteiger partial charge in [-0.1, -0.05) is 0 Å². The van der Waals surface area contributed by atoms with Crippen LogP contribution in [0.4, 0.5) is 4.79 Å². The van der Waals surface area contributed by atoms with Crippen molar-refractivity contribution in [2.75, 3.05) is 0 Å². The predicted molar refractivity (Wildman–Crippen MR) is 22.1 cm³/mol. The number of carbonyl (C=O) groups is 2. The number of ether oxygens (including phenoxy) is 1. The molecule has 0 bridgehead atoms. The molecule has 0 saturated carbocycles. The minimum Gasteiger partial charge on any atom is -0.375 e. The highest BCUT2D eigenvalue weighted by atomic mass is 16.6. The van der Waals surface area contributed by atoms with E-state index in [0.717, 1.165) is 12.4 Å². The van der Waals surface area contributed by atoms with Crippen LogP contribution in [0.15, 0.2) is 0 Å². The molecule has 5 nitrogen and oxygen atoms in total. The zero-order valence-electron chi connectivity index (χ0n) is 4.17. The van der Waals surface area contributed by atoms with Gasteiger partial charge in [0.1, 0.15) is 0 Å². The van der Waals surface area contributed by atoms with Crippen molar-refractivity contribution >= 4 is 12.1 Å². The monoisotopic (exact) mass is 119 g/mol. The van der Waals surface area contributed by atoms with Crippen molar-refractivity contribution in [2.24, 2.45) is 0 Å². The average Bonchev–Trinajstić information content (AvgIpc) is 1.65. The van der Waals surface area contributed by atoms with Crippen LogP contribution < -0.4 is 5.48 Å². The fraction of sp³-hybridized carbons (Fsp3) is 0.333. The summed E-state index contributed by atoms with van der Waals surface area (Å²) in [7, 11) is 0. The summed E-state index contributed by atoms with van der Waals surface area (Å²) in [6.07, 6.45) is -1.17. The maximum absolute atomic E-state index is 9.82. The first-order valence-corrected chi connectivity index (χ1v) is 1.79. The Morgan fingerprint density at radius 1 is 1.62 bits per heavy atom. The molecule has 2 N–H and O–H groups in total. The third-order valence-electron chi connectivity index (χ3n) is 0.328. The summed E-state index contributed by atoms with van der Waals surface area (Å²) in [6, 6.07) is 0. The molecule has 0 aliphatic heterocycles. The molecule has 0 saturated heterocycles. The van der Waals surface area contributed by atoms with Crippen LogP contribution in [0.25, 0.3) is 0 Å². The van der Waals surface area contributed by atoms with E-state index >= 15 is 0 Å². The molecule has 0 spiro atoms. The third kappa shape index (κ3) is 3.10. The minimum absolute atomic E-state index is 0.767. The van der Waals surface area contributed by atoms with Gasteiger partial charge in [-0.25, -0.2) is 10.3 Å². The maximum Gasteiger partial charge on any atom is 0.438 e. The van der Waals surface area contributed by atoms with Gasteiger partial charge in [0, 0.05) is 6.92 Å². The minimum atomic E-state index is -1.17. The number of amides is 1. The molecule has 0 aromatic rings. The van der Waals surface area contributed by atoms with Crippen LogP contribution in [0.2, 0.25) is 0 Å². The summed E-state index contributed by atoms with van der Waals surface area (Å²) in [5, 5.41) is 7.71. The Bertz CT molecular complexity index is 110. The van der Waals surface area contributed by atoms with E-state index in [-0.39, 0.29) is 0 Å². The first kappa shape index (κ1) is 6.90. The lowest BCUT2D eigenvalue weighted by Crippen LogP contribution is -2.21. The van der Waals surface area contributed by atoms with Crippen LogP contribution in [0.5, 0.6) is 0 Å². The van der Waals surface area contributed by atoms with Gasteiger partial charge in [-0.05, 0) is 0 Å². The summed E-state index contributed by atoms with van der Waals surface area (Å²) < 4.78 is 3.76. The summed E-state index contributed by atoms with van der Waals surface area (Å²) in [5.41, 5.74) is 1.11. The van der Waals surface area contributed by atoms with Crippen LogP contribution in [0.3, 0.4) is 0 Å². The normalized spacial score (nSPS) is 7.75. The highest BCUT2D eigenvalue weighted by Crippen LogP contribution is 1.74. The van der Waals surface area contributed by atoms with Crippen LogP contribution in [0, 0.1) is 0 Å². The Balaban J connectivity index is 3.40. The zero-order valence-corrected chi connectivity index (χ0v) is 4.17. The summed E-state index contributed by atoms with van der Waals surface area (Å²) >= 11 is 0. The second-order valence-electron chi connectivity index (χ2n) is 0.993. The SMILES string of the molecule is CC(=O)OC(=O)NO. The van der Waals surface area contributed by atoms with E-state index in [9.17, 15) is 9.59 Å². The molecule has 8 heavy (non-hydrogen) atoms. The lowest BCUT2D eigenvalue weighted by molar-refractivity contribution is -0.135. The van der Waals surface area contributed by atoms with Gasteiger partial charge < -0.3 is 4.74 Å². The molecule has 0 unspecified atom stereocenters. The average molecular weight is 119 g/mol. The third-order valence-corrected chi connectivity index (χ3v) is 0.328. The highest BCUT2D eigenvalue weighted by Gasteiger charge is 2.00. The maximum atomic E-state index is 9.82. The van der Waals surface area contributed by atoms with Gasteiger partial charge in [-0.3, -0.25) is 10.0 Å². The molecule has 0 aliphatic rings. The van der Waals surface area contributed by atoms with Gasteiger partial charge in [0.25, 0.3) is 0 Å². The van der Waals surface area contributed by atoms with Gasteiger partial charge in [-0.15, -0.1) is 0 Å². The molecule has 1 amide bonds. The Morgan fingerprint density at radius 3 is 2.25 bits per heavy atom. The summed E-state index contributed by atoms with van der Waals surface area (Å²) in [4.78, 5) is 19.6. The largest absolute Gasteiger partial charge is 0.438 e. The second kappa shape index (κ2) is 2.98. The fourth-order valence-corrected chi connectivity index (χ4v) is 0.153. The van der Waals surface area contributed by atoms with E-state index in [1.165, 1.54) is 0 Å². The number of nitrogens with one attached hydrogen (secondary N) is 1. The van der Waals surface area contributed by atoms with Crippen LogP contribution in [-0.4, -0.2) is 17.3 Å². The standard InChI is InChI=1S/C3H5NO4/c1-2(5)8-3(6)4-7/h7H,1H3,(H,4,6). The number of carbonyl (C=O) groups excluding carboxylic acids is 2. The Labute approximate surface area is 45.2 Å². The topological polar surface area (TPSA) is 75.6 Å². The number of hydroxylamine groups is 1. The predicted octanol–water partition coefficient (Wildman–Crippen LogP) is -0.352. The second-order valence-corrected chi connectivity index (χ2v) is 0.993. The summed E-state index contributed by atoms with van der Waals surface area (Å²) in [5.74, 6) is -0.767. The first-order chi connectivity index (χ1) is 3.66. The van der Waals surface area contributed by atoms with Crippen LogP contribution in [0.1, 0.15) is 6.92 Å². The van der Waals surface area contributed by atoms with E-state index in [4.69, 9.17) is 5.21 Å². The van der Waals surface area contributed by atoms with E-state index in [2.05, 4.69) is 4.74 Å². The first-order valence-electron chi connectivity index (χ1n) is 1.79. The Kier molecular flexibility index (Phi) is 2.57. The van der Waals surface area contributed by atoms with Gasteiger partial charge in [0.15, 0.2) is 0 Å². The molecule has 5 heteroatoms. The molecule has 0 rings (SSSR count). The molecule has 0 heterocycles. The van der Waals surface area contributed by atoms with Crippen molar-refractivity contribution in [1.82, 2.24) is 5.48 Å². The molecular formula is C3H5NO4. The van der Waals surface area contributed by atoms with E-state index in [0.29, 0.717) is 0 Å². The van der Waals surface area contributed by atoms with E-state index < -0.39 is 12.1 Å². The van der Waals surface area contributed by atoms with Gasteiger partial charge in [0.2, 0.25) is 0 Å². The molecule has 0 atom stereocenters. The molecular weight excluding hydrogens is 114 g/mol. The van der Waals surface area contributed by atoms with Crippen LogP contribution >= 0.6 is 0 Å². The highest BCUT2D eigenvalue weighted by molar-refractivity contribution is 5.82.